The zero-order valence-electron chi connectivity index (χ0n) is 11.7. The molecule has 1 heterocycles. The van der Waals surface area contributed by atoms with Gasteiger partial charge in [-0.25, -0.2) is 4.39 Å². The summed E-state index contributed by atoms with van der Waals surface area (Å²) in [6.45, 7) is 4.19. The van der Waals surface area contributed by atoms with E-state index in [9.17, 15) is 14.3 Å². The molecule has 1 aliphatic heterocycles. The molecular weight excluding hydrogens is 261 g/mol. The Hall–Kier alpha value is -1.46. The molecule has 1 aromatic carbocycles. The van der Waals surface area contributed by atoms with Crippen molar-refractivity contribution in [2.75, 3.05) is 6.61 Å². The molecule has 0 bridgehead atoms. The highest BCUT2D eigenvalue weighted by molar-refractivity contribution is 5.79. The quantitative estimate of drug-likeness (QED) is 0.884. The SMILES string of the molecule is CC(NC(=O)C1CCOC1C)C(O)c1ccc(F)cc1. The minimum Gasteiger partial charge on any atom is -0.386 e. The third-order valence-electron chi connectivity index (χ3n) is 3.77. The van der Waals surface area contributed by atoms with Gasteiger partial charge in [-0.15, -0.1) is 0 Å². The number of nitrogens with one attached hydrogen (secondary N) is 1. The van der Waals surface area contributed by atoms with E-state index >= 15 is 0 Å². The van der Waals surface area contributed by atoms with Crippen molar-refractivity contribution in [3.05, 3.63) is 35.6 Å². The summed E-state index contributed by atoms with van der Waals surface area (Å²) in [6.07, 6.45) is -0.255. The summed E-state index contributed by atoms with van der Waals surface area (Å²) in [5.74, 6) is -0.629. The zero-order chi connectivity index (χ0) is 14.7. The number of halogens is 1. The molecule has 1 amide bonds. The summed E-state index contributed by atoms with van der Waals surface area (Å²) in [5, 5.41) is 13.0. The standard InChI is InChI=1S/C15H20FNO3/c1-9(14(18)11-3-5-12(16)6-4-11)17-15(19)13-7-8-20-10(13)2/h3-6,9-10,13-14,18H,7-8H2,1-2H3,(H,17,19). The Morgan fingerprint density at radius 3 is 2.65 bits per heavy atom. The second-order valence-electron chi connectivity index (χ2n) is 5.26. The van der Waals surface area contributed by atoms with E-state index in [1.165, 1.54) is 24.3 Å². The lowest BCUT2D eigenvalue weighted by Gasteiger charge is -2.23. The summed E-state index contributed by atoms with van der Waals surface area (Å²) in [4.78, 5) is 12.1. The van der Waals surface area contributed by atoms with Crippen LogP contribution in [0.15, 0.2) is 24.3 Å². The minimum atomic E-state index is -0.864. The van der Waals surface area contributed by atoms with Crippen molar-refractivity contribution in [3.8, 4) is 0 Å². The van der Waals surface area contributed by atoms with Crippen molar-refractivity contribution in [2.45, 2.75) is 38.5 Å². The molecule has 0 aliphatic carbocycles. The van der Waals surface area contributed by atoms with Crippen molar-refractivity contribution in [2.24, 2.45) is 5.92 Å². The van der Waals surface area contributed by atoms with Gasteiger partial charge in [-0.3, -0.25) is 4.79 Å². The van der Waals surface area contributed by atoms with E-state index in [1.54, 1.807) is 6.92 Å². The Kier molecular flexibility index (Phi) is 4.73. The Morgan fingerprint density at radius 1 is 1.45 bits per heavy atom. The smallest absolute Gasteiger partial charge is 0.226 e. The first-order valence-corrected chi connectivity index (χ1v) is 6.84. The van der Waals surface area contributed by atoms with Crippen molar-refractivity contribution in [1.29, 1.82) is 0 Å². The Labute approximate surface area is 117 Å². The molecule has 0 aromatic heterocycles. The first-order chi connectivity index (χ1) is 9.49. The number of hydrogen-bond donors (Lipinski definition) is 2. The molecule has 2 N–H and O–H groups in total. The van der Waals surface area contributed by atoms with E-state index in [-0.39, 0.29) is 23.7 Å². The number of ether oxygens (including phenoxy) is 1. The molecule has 1 aliphatic rings. The fourth-order valence-electron chi connectivity index (χ4n) is 2.44. The summed E-state index contributed by atoms with van der Waals surface area (Å²) in [7, 11) is 0. The molecule has 4 unspecified atom stereocenters. The molecule has 20 heavy (non-hydrogen) atoms. The van der Waals surface area contributed by atoms with Crippen molar-refractivity contribution < 1.29 is 19.0 Å². The fourth-order valence-corrected chi connectivity index (χ4v) is 2.44. The second kappa shape index (κ2) is 6.33. The van der Waals surface area contributed by atoms with Gasteiger partial charge in [0, 0.05) is 6.61 Å². The predicted molar refractivity (Wildman–Crippen MR) is 72.5 cm³/mol. The molecule has 1 fully saturated rings. The average molecular weight is 281 g/mol. The van der Waals surface area contributed by atoms with Gasteiger partial charge < -0.3 is 15.2 Å². The van der Waals surface area contributed by atoms with Gasteiger partial charge in [0.15, 0.2) is 0 Å². The molecule has 0 spiro atoms. The number of aliphatic hydroxyl groups is 1. The van der Waals surface area contributed by atoms with Gasteiger partial charge in [0.1, 0.15) is 5.82 Å². The summed E-state index contributed by atoms with van der Waals surface area (Å²) >= 11 is 0. The van der Waals surface area contributed by atoms with E-state index in [0.29, 0.717) is 18.6 Å². The van der Waals surface area contributed by atoms with Crippen LogP contribution in [0.5, 0.6) is 0 Å². The number of hydrogen-bond acceptors (Lipinski definition) is 3. The van der Waals surface area contributed by atoms with Gasteiger partial charge in [0.05, 0.1) is 24.2 Å². The number of benzene rings is 1. The maximum atomic E-state index is 12.8. The maximum absolute atomic E-state index is 12.8. The highest BCUT2D eigenvalue weighted by Gasteiger charge is 2.32. The van der Waals surface area contributed by atoms with Gasteiger partial charge in [-0.2, -0.15) is 0 Å². The summed E-state index contributed by atoms with van der Waals surface area (Å²) in [5.41, 5.74) is 0.579. The van der Waals surface area contributed by atoms with Crippen LogP contribution in [0.1, 0.15) is 31.9 Å². The van der Waals surface area contributed by atoms with Crippen LogP contribution in [0, 0.1) is 11.7 Å². The van der Waals surface area contributed by atoms with Crippen LogP contribution in [0.3, 0.4) is 0 Å². The van der Waals surface area contributed by atoms with Crippen LogP contribution < -0.4 is 5.32 Å². The normalized spacial score (nSPS) is 25.2. The van der Waals surface area contributed by atoms with Crippen molar-refractivity contribution >= 4 is 5.91 Å². The molecule has 2 rings (SSSR count). The van der Waals surface area contributed by atoms with Crippen LogP contribution in [0.2, 0.25) is 0 Å². The van der Waals surface area contributed by atoms with Gasteiger partial charge >= 0.3 is 0 Å². The van der Waals surface area contributed by atoms with Gasteiger partial charge in [0.2, 0.25) is 5.91 Å². The molecular formula is C15H20FNO3. The maximum Gasteiger partial charge on any atom is 0.226 e. The van der Waals surface area contributed by atoms with Crippen LogP contribution in [-0.4, -0.2) is 29.8 Å². The lowest BCUT2D eigenvalue weighted by molar-refractivity contribution is -0.127. The highest BCUT2D eigenvalue weighted by atomic mass is 19.1. The number of aliphatic hydroxyl groups excluding tert-OH is 1. The van der Waals surface area contributed by atoms with E-state index in [2.05, 4.69) is 5.32 Å². The number of carbonyl (C=O) groups excluding carboxylic acids is 1. The van der Waals surface area contributed by atoms with Crippen LogP contribution >= 0.6 is 0 Å². The van der Waals surface area contributed by atoms with Crippen LogP contribution in [0.25, 0.3) is 0 Å². The molecule has 4 nitrogen and oxygen atoms in total. The first kappa shape index (κ1) is 14.9. The molecule has 0 saturated carbocycles. The summed E-state index contributed by atoms with van der Waals surface area (Å²) in [6, 6.07) is 5.18. The number of rotatable bonds is 4. The first-order valence-electron chi connectivity index (χ1n) is 6.84. The third kappa shape index (κ3) is 3.35. The van der Waals surface area contributed by atoms with Crippen LogP contribution in [-0.2, 0) is 9.53 Å². The Balaban J connectivity index is 1.95. The van der Waals surface area contributed by atoms with E-state index < -0.39 is 12.1 Å². The Bertz CT molecular complexity index is 463. The van der Waals surface area contributed by atoms with Gasteiger partial charge in [-0.05, 0) is 38.0 Å². The van der Waals surface area contributed by atoms with Crippen molar-refractivity contribution in [1.82, 2.24) is 5.32 Å². The lowest BCUT2D eigenvalue weighted by atomic mass is 9.99. The lowest BCUT2D eigenvalue weighted by Crippen LogP contribution is -2.42. The fraction of sp³-hybridized carbons (Fsp3) is 0.533. The average Bonchev–Trinajstić information content (AvgIpc) is 2.85. The topological polar surface area (TPSA) is 58.6 Å². The van der Waals surface area contributed by atoms with Gasteiger partial charge in [0.25, 0.3) is 0 Å². The second-order valence-corrected chi connectivity index (χ2v) is 5.26. The minimum absolute atomic E-state index is 0.0924. The molecule has 1 saturated heterocycles. The molecule has 1 aromatic rings. The highest BCUT2D eigenvalue weighted by Crippen LogP contribution is 2.22. The number of amides is 1. The molecule has 110 valence electrons. The third-order valence-corrected chi connectivity index (χ3v) is 3.77. The zero-order valence-corrected chi connectivity index (χ0v) is 11.7. The largest absolute Gasteiger partial charge is 0.386 e. The molecule has 4 atom stereocenters. The van der Waals surface area contributed by atoms with E-state index in [4.69, 9.17) is 4.74 Å². The molecule has 5 heteroatoms. The predicted octanol–water partition coefficient (Wildman–Crippen LogP) is 1.79. The number of carbonyl (C=O) groups is 1. The van der Waals surface area contributed by atoms with Crippen LogP contribution in [0.4, 0.5) is 4.39 Å². The van der Waals surface area contributed by atoms with Gasteiger partial charge in [-0.1, -0.05) is 12.1 Å². The monoisotopic (exact) mass is 281 g/mol. The van der Waals surface area contributed by atoms with E-state index in [1.807, 2.05) is 6.92 Å². The molecule has 0 radical (unpaired) electrons. The van der Waals surface area contributed by atoms with Crippen molar-refractivity contribution in [3.63, 3.8) is 0 Å². The summed E-state index contributed by atoms with van der Waals surface area (Å²) < 4.78 is 18.2. The van der Waals surface area contributed by atoms with E-state index in [0.717, 1.165) is 0 Å². The Morgan fingerprint density at radius 2 is 2.10 bits per heavy atom.